The lowest BCUT2D eigenvalue weighted by Gasteiger charge is -2.07. The lowest BCUT2D eigenvalue weighted by Crippen LogP contribution is -2.21. The van der Waals surface area contributed by atoms with Crippen molar-refractivity contribution in [1.82, 2.24) is 14.5 Å². The highest BCUT2D eigenvalue weighted by Gasteiger charge is 2.06. The van der Waals surface area contributed by atoms with Crippen molar-refractivity contribution in [2.24, 2.45) is 0 Å². The Morgan fingerprint density at radius 2 is 2.10 bits per heavy atom. The van der Waals surface area contributed by atoms with Gasteiger partial charge in [0.25, 0.3) is 5.56 Å². The van der Waals surface area contributed by atoms with Crippen LogP contribution in [0.15, 0.2) is 47.8 Å². The molecule has 0 unspecified atom stereocenters. The largest absolute Gasteiger partial charge is 0.399 e. The number of hydrogen-bond acceptors (Lipinski definition) is 4. The zero-order valence-electron chi connectivity index (χ0n) is 10.5. The van der Waals surface area contributed by atoms with Crippen LogP contribution in [0.2, 0.25) is 0 Å². The smallest absolute Gasteiger partial charge is 0.261 e. The molecule has 0 fully saturated rings. The summed E-state index contributed by atoms with van der Waals surface area (Å²) < 4.78 is 14.5. The van der Waals surface area contributed by atoms with E-state index < -0.39 is 5.82 Å². The van der Waals surface area contributed by atoms with E-state index in [-0.39, 0.29) is 12.1 Å². The van der Waals surface area contributed by atoms with Gasteiger partial charge in [-0.25, -0.2) is 9.37 Å². The number of fused-ring (bicyclic) bond motifs is 1. The van der Waals surface area contributed by atoms with E-state index >= 15 is 0 Å². The first-order valence-corrected chi connectivity index (χ1v) is 5.97. The van der Waals surface area contributed by atoms with E-state index in [0.29, 0.717) is 22.2 Å². The summed E-state index contributed by atoms with van der Waals surface area (Å²) in [6.45, 7) is 0.210. The van der Waals surface area contributed by atoms with Gasteiger partial charge in [-0.05, 0) is 29.8 Å². The second-order valence-corrected chi connectivity index (χ2v) is 4.47. The molecule has 2 heterocycles. The molecule has 3 aromatic rings. The number of hydrogen-bond donors (Lipinski definition) is 1. The molecule has 0 aliphatic heterocycles. The Kier molecular flexibility index (Phi) is 2.90. The number of nitrogens with zero attached hydrogens (tertiary/aromatic N) is 3. The number of aromatic nitrogens is 3. The Hall–Kier alpha value is -2.76. The van der Waals surface area contributed by atoms with Crippen molar-refractivity contribution >= 4 is 16.6 Å². The molecule has 20 heavy (non-hydrogen) atoms. The first-order valence-electron chi connectivity index (χ1n) is 5.97. The number of pyridine rings is 1. The van der Waals surface area contributed by atoms with E-state index in [1.165, 1.54) is 23.2 Å². The Morgan fingerprint density at radius 1 is 1.25 bits per heavy atom. The van der Waals surface area contributed by atoms with Gasteiger partial charge in [0.2, 0.25) is 0 Å². The fraction of sp³-hybridized carbons (Fsp3) is 0.0714. The molecule has 0 aliphatic rings. The van der Waals surface area contributed by atoms with Crippen LogP contribution in [0.3, 0.4) is 0 Å². The molecule has 0 atom stereocenters. The molecule has 0 saturated heterocycles. The molecular formula is C14H11FN4O. The minimum Gasteiger partial charge on any atom is -0.399 e. The number of halogens is 1. The quantitative estimate of drug-likeness (QED) is 0.717. The fourth-order valence-corrected chi connectivity index (χ4v) is 2.03. The molecule has 1 aromatic carbocycles. The second kappa shape index (κ2) is 4.73. The Morgan fingerprint density at radius 3 is 2.90 bits per heavy atom. The van der Waals surface area contributed by atoms with Gasteiger partial charge < -0.3 is 5.73 Å². The zero-order chi connectivity index (χ0) is 14.1. The highest BCUT2D eigenvalue weighted by molar-refractivity contribution is 5.80. The van der Waals surface area contributed by atoms with Crippen molar-refractivity contribution in [2.45, 2.75) is 6.54 Å². The fourth-order valence-electron chi connectivity index (χ4n) is 2.03. The Labute approximate surface area is 113 Å². The molecular weight excluding hydrogens is 259 g/mol. The highest BCUT2D eigenvalue weighted by atomic mass is 19.1. The molecule has 0 aliphatic carbocycles. The Balaban J connectivity index is 2.08. The molecule has 0 amide bonds. The summed E-state index contributed by atoms with van der Waals surface area (Å²) in [5.74, 6) is -0.437. The van der Waals surface area contributed by atoms with Crippen molar-refractivity contribution in [3.8, 4) is 0 Å². The molecule has 0 radical (unpaired) electrons. The average Bonchev–Trinajstić information content (AvgIpc) is 2.43. The van der Waals surface area contributed by atoms with Crippen LogP contribution in [-0.2, 0) is 6.54 Å². The van der Waals surface area contributed by atoms with Crippen molar-refractivity contribution in [2.75, 3.05) is 5.73 Å². The van der Waals surface area contributed by atoms with E-state index in [9.17, 15) is 9.18 Å². The van der Waals surface area contributed by atoms with Gasteiger partial charge in [-0.3, -0.25) is 14.3 Å². The van der Waals surface area contributed by atoms with Crippen molar-refractivity contribution < 1.29 is 4.39 Å². The van der Waals surface area contributed by atoms with Gasteiger partial charge in [-0.2, -0.15) is 0 Å². The van der Waals surface area contributed by atoms with Gasteiger partial charge in [0, 0.05) is 11.9 Å². The van der Waals surface area contributed by atoms with Crippen molar-refractivity contribution in [3.63, 3.8) is 0 Å². The van der Waals surface area contributed by atoms with Gasteiger partial charge in [0.15, 0.2) is 0 Å². The van der Waals surface area contributed by atoms with Crippen LogP contribution in [0, 0.1) is 5.82 Å². The van der Waals surface area contributed by atoms with E-state index in [2.05, 4.69) is 9.97 Å². The van der Waals surface area contributed by atoms with Gasteiger partial charge in [0.05, 0.1) is 30.0 Å². The summed E-state index contributed by atoms with van der Waals surface area (Å²) in [6, 6.07) is 6.31. The third-order valence-electron chi connectivity index (χ3n) is 2.96. The Bertz CT molecular complexity index is 844. The molecule has 0 spiro atoms. The predicted octanol–water partition coefficient (Wildman–Crippen LogP) is 1.56. The first kappa shape index (κ1) is 12.3. The maximum Gasteiger partial charge on any atom is 0.261 e. The topological polar surface area (TPSA) is 73.8 Å². The van der Waals surface area contributed by atoms with Gasteiger partial charge in [0.1, 0.15) is 5.82 Å². The maximum atomic E-state index is 13.1. The lowest BCUT2D eigenvalue weighted by molar-refractivity contribution is 0.615. The number of benzene rings is 1. The van der Waals surface area contributed by atoms with Crippen LogP contribution < -0.4 is 11.3 Å². The molecule has 5 nitrogen and oxygen atoms in total. The van der Waals surface area contributed by atoms with Crippen LogP contribution >= 0.6 is 0 Å². The minimum atomic E-state index is -0.437. The SMILES string of the molecule is Nc1ccc2ncn(Cc3cncc(F)c3)c(=O)c2c1. The molecule has 2 N–H and O–H groups in total. The van der Waals surface area contributed by atoms with Gasteiger partial charge in [-0.15, -0.1) is 0 Å². The molecule has 0 saturated carbocycles. The number of anilines is 1. The van der Waals surface area contributed by atoms with Crippen LogP contribution in [0.4, 0.5) is 10.1 Å². The monoisotopic (exact) mass is 270 g/mol. The van der Waals surface area contributed by atoms with Crippen molar-refractivity contribution in [3.05, 3.63) is 64.7 Å². The summed E-state index contributed by atoms with van der Waals surface area (Å²) >= 11 is 0. The molecule has 3 rings (SSSR count). The van der Waals surface area contributed by atoms with Crippen LogP contribution in [0.1, 0.15) is 5.56 Å². The minimum absolute atomic E-state index is 0.210. The average molecular weight is 270 g/mol. The third-order valence-corrected chi connectivity index (χ3v) is 2.96. The standard InChI is InChI=1S/C14H11FN4O/c15-10-3-9(5-17-6-10)7-19-8-18-13-2-1-11(16)4-12(13)14(19)20/h1-6,8H,7,16H2. The molecule has 0 bridgehead atoms. The summed E-state index contributed by atoms with van der Waals surface area (Å²) in [5, 5.41) is 0.442. The molecule has 2 aromatic heterocycles. The summed E-state index contributed by atoms with van der Waals surface area (Å²) in [4.78, 5) is 20.3. The van der Waals surface area contributed by atoms with Gasteiger partial charge >= 0.3 is 0 Å². The summed E-state index contributed by atoms with van der Waals surface area (Å²) in [6.07, 6.45) is 4.07. The lowest BCUT2D eigenvalue weighted by atomic mass is 10.2. The predicted molar refractivity (Wildman–Crippen MR) is 73.7 cm³/mol. The van der Waals surface area contributed by atoms with Crippen molar-refractivity contribution in [1.29, 1.82) is 0 Å². The van der Waals surface area contributed by atoms with Gasteiger partial charge in [-0.1, -0.05) is 0 Å². The maximum absolute atomic E-state index is 13.1. The van der Waals surface area contributed by atoms with Crippen LogP contribution in [0.25, 0.3) is 10.9 Å². The number of nitrogen functional groups attached to an aromatic ring is 1. The number of nitrogens with two attached hydrogens (primary N) is 1. The number of rotatable bonds is 2. The summed E-state index contributed by atoms with van der Waals surface area (Å²) in [7, 11) is 0. The summed E-state index contributed by atoms with van der Waals surface area (Å²) in [5.41, 5.74) is 7.14. The van der Waals surface area contributed by atoms with E-state index in [1.807, 2.05) is 0 Å². The normalized spacial score (nSPS) is 10.8. The second-order valence-electron chi connectivity index (χ2n) is 4.47. The molecule has 6 heteroatoms. The molecule has 100 valence electrons. The van der Waals surface area contributed by atoms with Crippen LogP contribution in [-0.4, -0.2) is 14.5 Å². The third kappa shape index (κ3) is 2.23. The first-order chi connectivity index (χ1) is 9.63. The van der Waals surface area contributed by atoms with Crippen LogP contribution in [0.5, 0.6) is 0 Å². The van der Waals surface area contributed by atoms with E-state index in [1.54, 1.807) is 18.2 Å². The van der Waals surface area contributed by atoms with E-state index in [0.717, 1.165) is 6.20 Å². The highest BCUT2D eigenvalue weighted by Crippen LogP contribution is 2.11. The van der Waals surface area contributed by atoms with E-state index in [4.69, 9.17) is 5.73 Å². The zero-order valence-corrected chi connectivity index (χ0v) is 10.5.